The first-order chi connectivity index (χ1) is 5.47. The number of hydrogen-bond acceptors (Lipinski definition) is 3. The fourth-order valence-corrected chi connectivity index (χ4v) is 1.05. The second-order valence-corrected chi connectivity index (χ2v) is 2.94. The highest BCUT2D eigenvalue weighted by Gasteiger charge is 2.48. The van der Waals surface area contributed by atoms with E-state index in [9.17, 15) is 4.79 Å². The molecule has 1 aliphatic carbocycles. The van der Waals surface area contributed by atoms with Gasteiger partial charge in [-0.25, -0.2) is 9.79 Å². The van der Waals surface area contributed by atoms with Crippen molar-refractivity contribution in [2.45, 2.75) is 18.5 Å². The minimum Gasteiger partial charge on any atom is -0.478 e. The lowest BCUT2D eigenvalue weighted by molar-refractivity contribution is -0.143. The Bertz CT molecular complexity index is 232. The molecule has 1 fully saturated rings. The molecule has 0 amide bonds. The van der Waals surface area contributed by atoms with Crippen molar-refractivity contribution < 1.29 is 9.90 Å². The summed E-state index contributed by atoms with van der Waals surface area (Å²) in [5, 5.41) is 8.75. The Morgan fingerprint density at radius 3 is 2.25 bits per heavy atom. The van der Waals surface area contributed by atoms with Crippen LogP contribution in [0.2, 0.25) is 0 Å². The van der Waals surface area contributed by atoms with Crippen LogP contribution in [0.3, 0.4) is 0 Å². The van der Waals surface area contributed by atoms with E-state index in [2.05, 4.69) is 4.99 Å². The quantitative estimate of drug-likeness (QED) is 0.301. The standard InChI is InChI=1S/C6H12N4O2/c7-5(8)10-6(9,4(11)12)3-1-2-3/h3H,1-2,9H2,(H,11,12)(H4,7,8,10)/t6-/m0/s1. The predicted octanol–water partition coefficient (Wildman–Crippen LogP) is -1.59. The summed E-state index contributed by atoms with van der Waals surface area (Å²) < 4.78 is 0. The molecule has 0 unspecified atom stereocenters. The molecule has 6 nitrogen and oxygen atoms in total. The molecule has 0 aromatic rings. The predicted molar refractivity (Wildman–Crippen MR) is 43.1 cm³/mol. The van der Waals surface area contributed by atoms with Gasteiger partial charge in [-0.3, -0.25) is 5.73 Å². The number of aliphatic imine (C=N–C) groups is 1. The molecule has 7 N–H and O–H groups in total. The highest BCUT2D eigenvalue weighted by molar-refractivity contribution is 5.85. The van der Waals surface area contributed by atoms with E-state index in [0.29, 0.717) is 0 Å². The van der Waals surface area contributed by atoms with Gasteiger partial charge >= 0.3 is 5.97 Å². The van der Waals surface area contributed by atoms with Gasteiger partial charge in [-0.15, -0.1) is 0 Å². The maximum absolute atomic E-state index is 10.7. The molecule has 0 aromatic heterocycles. The van der Waals surface area contributed by atoms with Crippen LogP contribution in [-0.2, 0) is 4.79 Å². The maximum atomic E-state index is 10.7. The monoisotopic (exact) mass is 172 g/mol. The molecule has 6 heteroatoms. The second kappa shape index (κ2) is 2.63. The van der Waals surface area contributed by atoms with Crippen LogP contribution in [0, 0.1) is 5.92 Å². The van der Waals surface area contributed by atoms with Crippen molar-refractivity contribution in [2.75, 3.05) is 0 Å². The minimum atomic E-state index is -1.61. The molecule has 0 radical (unpaired) electrons. The third-order valence-electron chi connectivity index (χ3n) is 1.86. The van der Waals surface area contributed by atoms with E-state index >= 15 is 0 Å². The molecule has 1 rings (SSSR count). The molecule has 1 aliphatic rings. The maximum Gasteiger partial charge on any atom is 0.346 e. The van der Waals surface area contributed by atoms with Crippen molar-refractivity contribution in [3.8, 4) is 0 Å². The molecule has 0 aromatic carbocycles. The van der Waals surface area contributed by atoms with Crippen LogP contribution in [0.4, 0.5) is 0 Å². The van der Waals surface area contributed by atoms with Gasteiger partial charge < -0.3 is 16.6 Å². The van der Waals surface area contributed by atoms with Crippen LogP contribution in [-0.4, -0.2) is 22.7 Å². The van der Waals surface area contributed by atoms with Crippen molar-refractivity contribution >= 4 is 11.9 Å². The zero-order chi connectivity index (χ0) is 9.35. The number of hydrogen-bond donors (Lipinski definition) is 4. The fraction of sp³-hybridized carbons (Fsp3) is 0.667. The summed E-state index contributed by atoms with van der Waals surface area (Å²) in [6, 6.07) is 0. The average molecular weight is 172 g/mol. The van der Waals surface area contributed by atoms with Crippen molar-refractivity contribution in [1.29, 1.82) is 0 Å². The molecule has 0 saturated heterocycles. The van der Waals surface area contributed by atoms with Crippen molar-refractivity contribution in [3.05, 3.63) is 0 Å². The Labute approximate surface area is 69.4 Å². The Balaban J connectivity index is 2.85. The minimum absolute atomic E-state index is 0.128. The van der Waals surface area contributed by atoms with Crippen LogP contribution in [0.1, 0.15) is 12.8 Å². The van der Waals surface area contributed by atoms with Crippen molar-refractivity contribution in [2.24, 2.45) is 28.1 Å². The molecule has 0 heterocycles. The van der Waals surface area contributed by atoms with Gasteiger partial charge in [0.05, 0.1) is 0 Å². The van der Waals surface area contributed by atoms with E-state index in [-0.39, 0.29) is 11.9 Å². The van der Waals surface area contributed by atoms with Gasteiger partial charge in [0.15, 0.2) is 5.96 Å². The molecular formula is C6H12N4O2. The smallest absolute Gasteiger partial charge is 0.346 e. The summed E-state index contributed by atoms with van der Waals surface area (Å²) in [6.45, 7) is 0. The summed E-state index contributed by atoms with van der Waals surface area (Å²) in [5.41, 5.74) is 14.0. The first-order valence-corrected chi connectivity index (χ1v) is 3.60. The third-order valence-corrected chi connectivity index (χ3v) is 1.86. The lowest BCUT2D eigenvalue weighted by atomic mass is 10.1. The van der Waals surface area contributed by atoms with Gasteiger partial charge in [-0.1, -0.05) is 0 Å². The lowest BCUT2D eigenvalue weighted by Gasteiger charge is -2.18. The zero-order valence-corrected chi connectivity index (χ0v) is 6.53. The van der Waals surface area contributed by atoms with Gasteiger partial charge in [0.2, 0.25) is 5.66 Å². The topological polar surface area (TPSA) is 128 Å². The summed E-state index contributed by atoms with van der Waals surface area (Å²) in [5.74, 6) is -1.60. The van der Waals surface area contributed by atoms with E-state index in [0.717, 1.165) is 12.8 Å². The van der Waals surface area contributed by atoms with Gasteiger partial charge in [0.1, 0.15) is 0 Å². The Morgan fingerprint density at radius 2 is 2.00 bits per heavy atom. The van der Waals surface area contributed by atoms with Gasteiger partial charge in [0, 0.05) is 5.92 Å². The molecule has 0 bridgehead atoms. The highest BCUT2D eigenvalue weighted by Crippen LogP contribution is 2.39. The third kappa shape index (κ3) is 1.48. The molecule has 1 atom stereocenters. The van der Waals surface area contributed by atoms with Crippen molar-refractivity contribution in [3.63, 3.8) is 0 Å². The van der Waals surface area contributed by atoms with Crippen LogP contribution >= 0.6 is 0 Å². The van der Waals surface area contributed by atoms with E-state index in [1.54, 1.807) is 0 Å². The first-order valence-electron chi connectivity index (χ1n) is 3.60. The van der Waals surface area contributed by atoms with Gasteiger partial charge in [-0.05, 0) is 12.8 Å². The van der Waals surface area contributed by atoms with Crippen molar-refractivity contribution in [1.82, 2.24) is 0 Å². The number of aliphatic carboxylic acids is 1. The second-order valence-electron chi connectivity index (χ2n) is 2.94. The number of carboxylic acids is 1. The van der Waals surface area contributed by atoms with E-state index in [4.69, 9.17) is 22.3 Å². The van der Waals surface area contributed by atoms with E-state index < -0.39 is 11.6 Å². The SMILES string of the molecule is NC(N)=N[C@](N)(C(=O)O)C1CC1. The number of rotatable bonds is 3. The van der Waals surface area contributed by atoms with E-state index in [1.165, 1.54) is 0 Å². The molecular weight excluding hydrogens is 160 g/mol. The summed E-state index contributed by atoms with van der Waals surface area (Å²) >= 11 is 0. The molecule has 0 spiro atoms. The fourth-order valence-electron chi connectivity index (χ4n) is 1.05. The lowest BCUT2D eigenvalue weighted by Crippen LogP contribution is -2.50. The number of nitrogens with zero attached hydrogens (tertiary/aromatic N) is 1. The number of nitrogens with two attached hydrogens (primary N) is 3. The Hall–Kier alpha value is -1.30. The normalized spacial score (nSPS) is 21.1. The van der Waals surface area contributed by atoms with E-state index in [1.807, 2.05) is 0 Å². The summed E-state index contributed by atoms with van der Waals surface area (Å²) in [4.78, 5) is 14.2. The molecule has 1 saturated carbocycles. The van der Waals surface area contributed by atoms with Crippen LogP contribution in [0.15, 0.2) is 4.99 Å². The average Bonchev–Trinajstić information content (AvgIpc) is 2.65. The number of carbonyl (C=O) groups is 1. The molecule has 0 aliphatic heterocycles. The van der Waals surface area contributed by atoms with Gasteiger partial charge in [0.25, 0.3) is 0 Å². The highest BCUT2D eigenvalue weighted by atomic mass is 16.4. The van der Waals surface area contributed by atoms with Gasteiger partial charge in [-0.2, -0.15) is 0 Å². The Kier molecular flexibility index (Phi) is 1.93. The van der Waals surface area contributed by atoms with Crippen LogP contribution in [0.25, 0.3) is 0 Å². The first kappa shape index (κ1) is 8.79. The number of carboxylic acid groups (broad SMARTS) is 1. The van der Waals surface area contributed by atoms with Crippen LogP contribution in [0.5, 0.6) is 0 Å². The number of guanidine groups is 1. The van der Waals surface area contributed by atoms with Crippen LogP contribution < -0.4 is 17.2 Å². The zero-order valence-electron chi connectivity index (χ0n) is 6.53. The molecule has 68 valence electrons. The summed E-state index contributed by atoms with van der Waals surface area (Å²) in [6.07, 6.45) is 1.53. The molecule has 12 heavy (non-hydrogen) atoms. The Morgan fingerprint density at radius 1 is 1.50 bits per heavy atom. The summed E-state index contributed by atoms with van der Waals surface area (Å²) in [7, 11) is 0. The largest absolute Gasteiger partial charge is 0.478 e.